The van der Waals surface area contributed by atoms with Gasteiger partial charge in [-0.3, -0.25) is 9.00 Å². The van der Waals surface area contributed by atoms with Gasteiger partial charge >= 0.3 is 0 Å². The molecular formula is C16H18ClNO4S. The third-order valence-electron chi connectivity index (χ3n) is 3.02. The van der Waals surface area contributed by atoms with Crippen LogP contribution in [-0.2, 0) is 27.0 Å². The number of amides is 1. The number of nitrogens with one attached hydrogen (secondary N) is 1. The molecule has 1 amide bonds. The Kier molecular flexibility index (Phi) is 6.83. The molecule has 23 heavy (non-hydrogen) atoms. The van der Waals surface area contributed by atoms with E-state index in [1.165, 1.54) is 0 Å². The van der Waals surface area contributed by atoms with Gasteiger partial charge in [-0.1, -0.05) is 23.7 Å². The number of carbonyl (C=O) groups is 1. The van der Waals surface area contributed by atoms with Gasteiger partial charge in [0, 0.05) is 35.2 Å². The van der Waals surface area contributed by atoms with Crippen LogP contribution in [-0.4, -0.2) is 30.4 Å². The first-order chi connectivity index (χ1) is 11.1. The first kappa shape index (κ1) is 17.7. The number of furan rings is 1. The summed E-state index contributed by atoms with van der Waals surface area (Å²) >= 11 is 5.82. The fourth-order valence-corrected chi connectivity index (χ4v) is 3.17. The molecule has 0 aliphatic rings. The molecule has 0 aliphatic heterocycles. The molecule has 1 atom stereocenters. The molecule has 1 heterocycles. The Morgan fingerprint density at radius 3 is 2.65 bits per heavy atom. The van der Waals surface area contributed by atoms with Crippen molar-refractivity contribution < 1.29 is 18.2 Å². The second-order valence-electron chi connectivity index (χ2n) is 4.87. The highest BCUT2D eigenvalue weighted by Gasteiger charge is 2.12. The van der Waals surface area contributed by atoms with E-state index in [2.05, 4.69) is 5.32 Å². The predicted molar refractivity (Wildman–Crippen MR) is 89.9 cm³/mol. The second-order valence-corrected chi connectivity index (χ2v) is 6.76. The predicted octanol–water partition coefficient (Wildman–Crippen LogP) is 2.76. The average Bonchev–Trinajstić information content (AvgIpc) is 2.98. The number of halogens is 1. The Bertz CT molecular complexity index is 669. The number of hydrogen-bond acceptors (Lipinski definition) is 4. The third-order valence-corrected chi connectivity index (χ3v) is 4.54. The molecule has 2 aromatic rings. The first-order valence-corrected chi connectivity index (χ1v) is 8.90. The lowest BCUT2D eigenvalue weighted by molar-refractivity contribution is 0.0908. The minimum atomic E-state index is -1.12. The summed E-state index contributed by atoms with van der Waals surface area (Å²) < 4.78 is 22.5. The summed E-state index contributed by atoms with van der Waals surface area (Å²) in [4.78, 5) is 11.8. The van der Waals surface area contributed by atoms with E-state index in [-0.39, 0.29) is 17.4 Å². The van der Waals surface area contributed by atoms with Gasteiger partial charge in [0.05, 0.1) is 12.4 Å². The van der Waals surface area contributed by atoms with E-state index in [0.29, 0.717) is 29.7 Å². The number of carbonyl (C=O) groups excluding carboxylic acids is 1. The molecule has 0 saturated carbocycles. The summed E-state index contributed by atoms with van der Waals surface area (Å²) in [5, 5.41) is 3.31. The van der Waals surface area contributed by atoms with Crippen LogP contribution in [0.1, 0.15) is 21.9 Å². The van der Waals surface area contributed by atoms with Crippen molar-refractivity contribution >= 4 is 28.3 Å². The van der Waals surface area contributed by atoms with Gasteiger partial charge in [0.1, 0.15) is 5.76 Å². The standard InChI is InChI=1S/C16H18ClNO4S/c1-21-9-8-18-16(19)15-7-6-14(22-15)11-23(20)10-12-2-4-13(17)5-3-12/h2-7H,8-11H2,1H3,(H,18,19)/t23-/m0/s1. The lowest BCUT2D eigenvalue weighted by Gasteiger charge is -2.02. The Balaban J connectivity index is 1.87. The summed E-state index contributed by atoms with van der Waals surface area (Å²) in [6.45, 7) is 0.846. The van der Waals surface area contributed by atoms with Gasteiger partial charge in [-0.2, -0.15) is 0 Å². The van der Waals surface area contributed by atoms with Gasteiger partial charge in [-0.05, 0) is 29.8 Å². The molecule has 0 saturated heterocycles. The van der Waals surface area contributed by atoms with E-state index in [1.54, 1.807) is 31.4 Å². The highest BCUT2D eigenvalue weighted by atomic mass is 35.5. The maximum atomic E-state index is 12.2. The van der Waals surface area contributed by atoms with Gasteiger partial charge in [-0.15, -0.1) is 0 Å². The van der Waals surface area contributed by atoms with Crippen LogP contribution in [0.25, 0.3) is 0 Å². The van der Waals surface area contributed by atoms with Crippen molar-refractivity contribution in [1.29, 1.82) is 0 Å². The maximum Gasteiger partial charge on any atom is 0.287 e. The quantitative estimate of drug-likeness (QED) is 0.739. The molecule has 0 spiro atoms. The number of rotatable bonds is 8. The van der Waals surface area contributed by atoms with Crippen LogP contribution in [0.2, 0.25) is 5.02 Å². The molecule has 0 bridgehead atoms. The topological polar surface area (TPSA) is 68.5 Å². The van der Waals surface area contributed by atoms with Crippen LogP contribution >= 0.6 is 11.6 Å². The van der Waals surface area contributed by atoms with E-state index in [1.807, 2.05) is 12.1 Å². The minimum absolute atomic E-state index is 0.208. The number of hydrogen-bond donors (Lipinski definition) is 1. The van der Waals surface area contributed by atoms with Gasteiger partial charge in [-0.25, -0.2) is 0 Å². The first-order valence-electron chi connectivity index (χ1n) is 7.04. The van der Waals surface area contributed by atoms with Gasteiger partial charge in [0.25, 0.3) is 5.91 Å². The molecule has 2 rings (SSSR count). The summed E-state index contributed by atoms with van der Waals surface area (Å²) in [6.07, 6.45) is 0. The van der Waals surface area contributed by atoms with Crippen molar-refractivity contribution in [3.05, 3.63) is 58.5 Å². The van der Waals surface area contributed by atoms with Crippen LogP contribution in [0.5, 0.6) is 0 Å². The highest BCUT2D eigenvalue weighted by molar-refractivity contribution is 7.83. The Hall–Kier alpha value is -1.63. The summed E-state index contributed by atoms with van der Waals surface area (Å²) in [7, 11) is 0.439. The van der Waals surface area contributed by atoms with Crippen molar-refractivity contribution in [1.82, 2.24) is 5.32 Å². The van der Waals surface area contributed by atoms with Crippen LogP contribution in [0.3, 0.4) is 0 Å². The van der Waals surface area contributed by atoms with Crippen molar-refractivity contribution in [2.45, 2.75) is 11.5 Å². The molecule has 0 aliphatic carbocycles. The molecule has 7 heteroatoms. The molecule has 0 unspecified atom stereocenters. The number of benzene rings is 1. The van der Waals surface area contributed by atoms with E-state index in [4.69, 9.17) is 20.8 Å². The van der Waals surface area contributed by atoms with Gasteiger partial charge in [0.2, 0.25) is 0 Å². The lowest BCUT2D eigenvalue weighted by Crippen LogP contribution is -2.26. The Morgan fingerprint density at radius 1 is 1.22 bits per heavy atom. The van der Waals surface area contributed by atoms with Crippen LogP contribution in [0.15, 0.2) is 40.8 Å². The molecule has 1 aromatic heterocycles. The number of ether oxygens (including phenoxy) is 1. The molecule has 1 aromatic carbocycles. The minimum Gasteiger partial charge on any atom is -0.455 e. The molecule has 1 N–H and O–H groups in total. The normalized spacial score (nSPS) is 12.1. The Labute approximate surface area is 142 Å². The third kappa shape index (κ3) is 5.82. The van der Waals surface area contributed by atoms with Gasteiger partial charge < -0.3 is 14.5 Å². The molecule has 0 fully saturated rings. The Morgan fingerprint density at radius 2 is 1.96 bits per heavy atom. The zero-order valence-electron chi connectivity index (χ0n) is 12.7. The summed E-state index contributed by atoms with van der Waals surface area (Å²) in [6, 6.07) is 10.5. The van der Waals surface area contributed by atoms with E-state index in [0.717, 1.165) is 5.56 Å². The lowest BCUT2D eigenvalue weighted by atomic mass is 10.2. The van der Waals surface area contributed by atoms with Crippen LogP contribution < -0.4 is 5.32 Å². The SMILES string of the molecule is COCCNC(=O)c1ccc(C[S@@](=O)Cc2ccc(Cl)cc2)o1. The van der Waals surface area contributed by atoms with Crippen molar-refractivity contribution in [2.24, 2.45) is 0 Å². The molecule has 0 radical (unpaired) electrons. The van der Waals surface area contributed by atoms with Crippen molar-refractivity contribution in [2.75, 3.05) is 20.3 Å². The fraction of sp³-hybridized carbons (Fsp3) is 0.312. The molecule has 5 nitrogen and oxygen atoms in total. The van der Waals surface area contributed by atoms with Gasteiger partial charge in [0.15, 0.2) is 5.76 Å². The number of methoxy groups -OCH3 is 1. The monoisotopic (exact) mass is 355 g/mol. The van der Waals surface area contributed by atoms with Crippen LogP contribution in [0, 0.1) is 0 Å². The largest absolute Gasteiger partial charge is 0.455 e. The van der Waals surface area contributed by atoms with E-state index in [9.17, 15) is 9.00 Å². The summed E-state index contributed by atoms with van der Waals surface area (Å²) in [5.74, 6) is 1.09. The zero-order valence-corrected chi connectivity index (χ0v) is 14.3. The summed E-state index contributed by atoms with van der Waals surface area (Å²) in [5.41, 5.74) is 0.942. The van der Waals surface area contributed by atoms with E-state index < -0.39 is 10.8 Å². The smallest absolute Gasteiger partial charge is 0.287 e. The zero-order chi connectivity index (χ0) is 16.7. The maximum absolute atomic E-state index is 12.2. The molecule has 124 valence electrons. The fourth-order valence-electron chi connectivity index (χ4n) is 1.91. The average molecular weight is 356 g/mol. The van der Waals surface area contributed by atoms with Crippen LogP contribution in [0.4, 0.5) is 0 Å². The van der Waals surface area contributed by atoms with Crippen molar-refractivity contribution in [3.63, 3.8) is 0 Å². The molecular weight excluding hydrogens is 338 g/mol. The van der Waals surface area contributed by atoms with E-state index >= 15 is 0 Å². The second kappa shape index (κ2) is 8.86. The highest BCUT2D eigenvalue weighted by Crippen LogP contribution is 2.15. The van der Waals surface area contributed by atoms with Crippen molar-refractivity contribution in [3.8, 4) is 0 Å².